The van der Waals surface area contributed by atoms with Gasteiger partial charge in [0.05, 0.1) is 6.10 Å². The second-order valence-corrected chi connectivity index (χ2v) is 4.37. The minimum Gasteiger partial charge on any atom is -0.376 e. The summed E-state index contributed by atoms with van der Waals surface area (Å²) in [6.45, 7) is 9.62. The average Bonchev–Trinajstić information content (AvgIpc) is 2.87. The fraction of sp³-hybridized carbons (Fsp3) is 1.00. The Hall–Kier alpha value is -0.0800. The Morgan fingerprint density at radius 2 is 2.08 bits per heavy atom. The van der Waals surface area contributed by atoms with Crippen LogP contribution in [0.3, 0.4) is 0 Å². The number of likely N-dealkylation sites (N-methyl/N-ethyl adjacent to an activating group) is 1. The van der Waals surface area contributed by atoms with Gasteiger partial charge in [-0.15, -0.1) is 0 Å². The largest absolute Gasteiger partial charge is 0.376 e. The Morgan fingerprint density at radius 3 is 2.54 bits per heavy atom. The number of rotatable bonds is 7. The zero-order valence-electron chi connectivity index (χ0n) is 9.18. The molecule has 0 heterocycles. The second kappa shape index (κ2) is 5.61. The van der Waals surface area contributed by atoms with Crippen LogP contribution in [-0.2, 0) is 4.74 Å². The van der Waals surface area contributed by atoms with Crippen LogP contribution in [-0.4, -0.2) is 25.8 Å². The van der Waals surface area contributed by atoms with E-state index in [9.17, 15) is 0 Å². The molecule has 0 aromatic carbocycles. The van der Waals surface area contributed by atoms with E-state index in [1.165, 1.54) is 12.8 Å². The standard InChI is InChI=1S/C11H23NO/c1-4-12-7-11(9(2)3)13-8-10-5-6-10/h9-12H,4-8H2,1-3H3. The molecule has 0 spiro atoms. The van der Waals surface area contributed by atoms with Crippen LogP contribution in [0.2, 0.25) is 0 Å². The van der Waals surface area contributed by atoms with E-state index in [0.717, 1.165) is 25.6 Å². The molecule has 1 aliphatic carbocycles. The maximum absolute atomic E-state index is 5.87. The molecule has 1 unspecified atom stereocenters. The lowest BCUT2D eigenvalue weighted by Crippen LogP contribution is -2.33. The predicted octanol–water partition coefficient (Wildman–Crippen LogP) is 2.05. The molecular weight excluding hydrogens is 162 g/mol. The first-order chi connectivity index (χ1) is 6.24. The average molecular weight is 185 g/mol. The SMILES string of the molecule is CCNCC(OCC1CC1)C(C)C. The summed E-state index contributed by atoms with van der Waals surface area (Å²) < 4.78 is 5.87. The highest BCUT2D eigenvalue weighted by atomic mass is 16.5. The molecule has 1 fully saturated rings. The summed E-state index contributed by atoms with van der Waals surface area (Å²) in [6.07, 6.45) is 3.17. The fourth-order valence-corrected chi connectivity index (χ4v) is 1.32. The molecule has 1 rings (SSSR count). The Bertz CT molecular complexity index is 132. The van der Waals surface area contributed by atoms with Gasteiger partial charge in [0.2, 0.25) is 0 Å². The maximum atomic E-state index is 5.87. The number of hydrogen-bond donors (Lipinski definition) is 1. The molecule has 1 N–H and O–H groups in total. The highest BCUT2D eigenvalue weighted by Crippen LogP contribution is 2.29. The van der Waals surface area contributed by atoms with Crippen LogP contribution in [0.5, 0.6) is 0 Å². The first kappa shape index (κ1) is 11.0. The zero-order valence-corrected chi connectivity index (χ0v) is 9.18. The molecule has 0 aliphatic heterocycles. The molecule has 13 heavy (non-hydrogen) atoms. The molecular formula is C11H23NO. The molecule has 1 atom stereocenters. The third-order valence-corrected chi connectivity index (χ3v) is 2.58. The normalized spacial score (nSPS) is 19.4. The van der Waals surface area contributed by atoms with Crippen molar-refractivity contribution < 1.29 is 4.74 Å². The molecule has 0 aromatic heterocycles. The maximum Gasteiger partial charge on any atom is 0.0722 e. The van der Waals surface area contributed by atoms with E-state index in [1.54, 1.807) is 0 Å². The van der Waals surface area contributed by atoms with Gasteiger partial charge in [-0.3, -0.25) is 0 Å². The van der Waals surface area contributed by atoms with Gasteiger partial charge in [0, 0.05) is 13.2 Å². The minimum atomic E-state index is 0.403. The quantitative estimate of drug-likeness (QED) is 0.655. The van der Waals surface area contributed by atoms with Gasteiger partial charge in [-0.25, -0.2) is 0 Å². The Kier molecular flexibility index (Phi) is 4.74. The summed E-state index contributed by atoms with van der Waals surface area (Å²) in [6, 6.07) is 0. The van der Waals surface area contributed by atoms with Crippen molar-refractivity contribution >= 4 is 0 Å². The molecule has 0 bridgehead atoms. The molecule has 1 saturated carbocycles. The lowest BCUT2D eigenvalue weighted by atomic mass is 10.1. The van der Waals surface area contributed by atoms with E-state index in [4.69, 9.17) is 4.74 Å². The molecule has 0 radical (unpaired) electrons. The molecule has 2 heteroatoms. The van der Waals surface area contributed by atoms with Crippen LogP contribution >= 0.6 is 0 Å². The molecule has 0 saturated heterocycles. The van der Waals surface area contributed by atoms with Gasteiger partial charge in [0.15, 0.2) is 0 Å². The summed E-state index contributed by atoms with van der Waals surface area (Å²) in [5, 5.41) is 3.35. The topological polar surface area (TPSA) is 21.3 Å². The summed E-state index contributed by atoms with van der Waals surface area (Å²) in [7, 11) is 0. The predicted molar refractivity (Wildman–Crippen MR) is 55.8 cm³/mol. The van der Waals surface area contributed by atoms with E-state index in [-0.39, 0.29) is 0 Å². The van der Waals surface area contributed by atoms with Crippen LogP contribution in [0.4, 0.5) is 0 Å². The van der Waals surface area contributed by atoms with E-state index < -0.39 is 0 Å². The monoisotopic (exact) mass is 185 g/mol. The van der Waals surface area contributed by atoms with Crippen LogP contribution in [0.15, 0.2) is 0 Å². The highest BCUT2D eigenvalue weighted by Gasteiger charge is 2.23. The van der Waals surface area contributed by atoms with E-state index in [1.807, 2.05) is 0 Å². The molecule has 0 amide bonds. The van der Waals surface area contributed by atoms with Gasteiger partial charge in [0.1, 0.15) is 0 Å². The zero-order chi connectivity index (χ0) is 9.68. The van der Waals surface area contributed by atoms with Crippen molar-refractivity contribution in [2.24, 2.45) is 11.8 Å². The molecule has 2 nitrogen and oxygen atoms in total. The highest BCUT2D eigenvalue weighted by molar-refractivity contribution is 4.74. The van der Waals surface area contributed by atoms with Crippen molar-refractivity contribution in [3.05, 3.63) is 0 Å². The first-order valence-electron chi connectivity index (χ1n) is 5.56. The van der Waals surface area contributed by atoms with Gasteiger partial charge in [0.25, 0.3) is 0 Å². The van der Waals surface area contributed by atoms with Crippen LogP contribution in [0.1, 0.15) is 33.6 Å². The van der Waals surface area contributed by atoms with Crippen molar-refractivity contribution in [3.63, 3.8) is 0 Å². The first-order valence-corrected chi connectivity index (χ1v) is 5.56. The fourth-order valence-electron chi connectivity index (χ4n) is 1.32. The van der Waals surface area contributed by atoms with Gasteiger partial charge in [-0.2, -0.15) is 0 Å². The Labute approximate surface area is 82.0 Å². The summed E-state index contributed by atoms with van der Waals surface area (Å²) in [5.74, 6) is 1.50. The third-order valence-electron chi connectivity index (χ3n) is 2.58. The van der Waals surface area contributed by atoms with Crippen molar-refractivity contribution in [3.8, 4) is 0 Å². The van der Waals surface area contributed by atoms with Gasteiger partial charge in [-0.05, 0) is 31.2 Å². The van der Waals surface area contributed by atoms with Crippen LogP contribution < -0.4 is 5.32 Å². The van der Waals surface area contributed by atoms with Gasteiger partial charge >= 0.3 is 0 Å². The number of ether oxygens (including phenoxy) is 1. The van der Waals surface area contributed by atoms with Crippen molar-refractivity contribution in [2.45, 2.75) is 39.7 Å². The van der Waals surface area contributed by atoms with E-state index in [0.29, 0.717) is 12.0 Å². The molecule has 78 valence electrons. The minimum absolute atomic E-state index is 0.403. The van der Waals surface area contributed by atoms with E-state index >= 15 is 0 Å². The summed E-state index contributed by atoms with van der Waals surface area (Å²) in [5.41, 5.74) is 0. The summed E-state index contributed by atoms with van der Waals surface area (Å²) in [4.78, 5) is 0. The number of nitrogens with one attached hydrogen (secondary N) is 1. The van der Waals surface area contributed by atoms with Gasteiger partial charge < -0.3 is 10.1 Å². The Balaban J connectivity index is 2.11. The molecule has 0 aromatic rings. The van der Waals surface area contributed by atoms with Crippen LogP contribution in [0.25, 0.3) is 0 Å². The smallest absolute Gasteiger partial charge is 0.0722 e. The number of hydrogen-bond acceptors (Lipinski definition) is 2. The second-order valence-electron chi connectivity index (χ2n) is 4.37. The Morgan fingerprint density at radius 1 is 1.38 bits per heavy atom. The van der Waals surface area contributed by atoms with Crippen molar-refractivity contribution in [1.29, 1.82) is 0 Å². The molecule has 1 aliphatic rings. The van der Waals surface area contributed by atoms with Gasteiger partial charge in [-0.1, -0.05) is 20.8 Å². The lowest BCUT2D eigenvalue weighted by Gasteiger charge is -2.21. The van der Waals surface area contributed by atoms with Crippen molar-refractivity contribution in [1.82, 2.24) is 5.32 Å². The third kappa shape index (κ3) is 4.63. The lowest BCUT2D eigenvalue weighted by molar-refractivity contribution is 0.0171. The van der Waals surface area contributed by atoms with Crippen molar-refractivity contribution in [2.75, 3.05) is 19.7 Å². The summed E-state index contributed by atoms with van der Waals surface area (Å²) >= 11 is 0. The van der Waals surface area contributed by atoms with E-state index in [2.05, 4.69) is 26.1 Å². The van der Waals surface area contributed by atoms with Crippen LogP contribution in [0, 0.1) is 11.8 Å².